The van der Waals surface area contributed by atoms with Crippen molar-refractivity contribution < 1.29 is 9.84 Å². The van der Waals surface area contributed by atoms with E-state index in [0.29, 0.717) is 19.2 Å². The van der Waals surface area contributed by atoms with E-state index in [2.05, 4.69) is 5.32 Å². The first-order valence-corrected chi connectivity index (χ1v) is 7.30. The maximum atomic E-state index is 9.40. The fourth-order valence-corrected chi connectivity index (χ4v) is 2.11. The first kappa shape index (κ1) is 16.4. The van der Waals surface area contributed by atoms with Gasteiger partial charge in [0.1, 0.15) is 0 Å². The second-order valence-electron chi connectivity index (χ2n) is 4.55. The third-order valence-electron chi connectivity index (χ3n) is 3.05. The van der Waals surface area contributed by atoms with Gasteiger partial charge in [0, 0.05) is 17.6 Å². The SMILES string of the molecule is CC.CC(O)C1CNC(Cc2ccc(Cl)cc2)CO1. The predicted octanol–water partition coefficient (Wildman–Crippen LogP) is 2.65. The van der Waals surface area contributed by atoms with Crippen LogP contribution in [0.25, 0.3) is 0 Å². The zero-order valence-corrected chi connectivity index (χ0v) is 12.7. The highest BCUT2D eigenvalue weighted by molar-refractivity contribution is 6.30. The Kier molecular flexibility index (Phi) is 7.39. The van der Waals surface area contributed by atoms with E-state index in [-0.39, 0.29) is 6.10 Å². The van der Waals surface area contributed by atoms with E-state index in [1.807, 2.05) is 38.1 Å². The lowest BCUT2D eigenvalue weighted by atomic mass is 10.0. The van der Waals surface area contributed by atoms with Crippen molar-refractivity contribution in [3.05, 3.63) is 34.9 Å². The Labute approximate surface area is 120 Å². The highest BCUT2D eigenvalue weighted by Gasteiger charge is 2.24. The molecule has 19 heavy (non-hydrogen) atoms. The number of aliphatic hydroxyl groups is 1. The van der Waals surface area contributed by atoms with Gasteiger partial charge in [-0.05, 0) is 31.0 Å². The summed E-state index contributed by atoms with van der Waals surface area (Å²) in [7, 11) is 0. The first-order chi connectivity index (χ1) is 9.15. The summed E-state index contributed by atoms with van der Waals surface area (Å²) >= 11 is 5.84. The van der Waals surface area contributed by atoms with Gasteiger partial charge in [0.05, 0.1) is 18.8 Å². The summed E-state index contributed by atoms with van der Waals surface area (Å²) in [6.07, 6.45) is 0.416. The number of benzene rings is 1. The van der Waals surface area contributed by atoms with Crippen LogP contribution in [-0.2, 0) is 11.2 Å². The van der Waals surface area contributed by atoms with Crippen molar-refractivity contribution in [1.29, 1.82) is 0 Å². The molecule has 3 atom stereocenters. The minimum Gasteiger partial charge on any atom is -0.391 e. The standard InChI is InChI=1S/C13H18ClNO2.C2H6/c1-9(16)13-7-15-12(8-17-13)6-10-2-4-11(14)5-3-10;1-2/h2-5,9,12-13,15-16H,6-8H2,1H3;1-2H3. The number of hydrogen-bond donors (Lipinski definition) is 2. The zero-order valence-electron chi connectivity index (χ0n) is 11.9. The normalized spacial score (nSPS) is 24.3. The first-order valence-electron chi connectivity index (χ1n) is 6.92. The third-order valence-corrected chi connectivity index (χ3v) is 3.30. The van der Waals surface area contributed by atoms with Crippen LogP contribution in [0.4, 0.5) is 0 Å². The number of morpholine rings is 1. The van der Waals surface area contributed by atoms with Gasteiger partial charge in [0.25, 0.3) is 0 Å². The number of rotatable bonds is 3. The molecule has 0 saturated carbocycles. The van der Waals surface area contributed by atoms with Crippen LogP contribution in [0.5, 0.6) is 0 Å². The van der Waals surface area contributed by atoms with E-state index in [9.17, 15) is 5.11 Å². The van der Waals surface area contributed by atoms with Crippen LogP contribution in [-0.4, -0.2) is 36.5 Å². The monoisotopic (exact) mass is 285 g/mol. The van der Waals surface area contributed by atoms with Gasteiger partial charge in [-0.15, -0.1) is 0 Å². The van der Waals surface area contributed by atoms with Crippen LogP contribution < -0.4 is 5.32 Å². The van der Waals surface area contributed by atoms with Crippen molar-refractivity contribution in [2.24, 2.45) is 0 Å². The number of aliphatic hydroxyl groups excluding tert-OH is 1. The molecular formula is C15H24ClNO2. The van der Waals surface area contributed by atoms with Crippen LogP contribution in [0.2, 0.25) is 5.02 Å². The Morgan fingerprint density at radius 1 is 1.37 bits per heavy atom. The molecule has 0 radical (unpaired) electrons. The fraction of sp³-hybridized carbons (Fsp3) is 0.600. The van der Waals surface area contributed by atoms with Gasteiger partial charge in [-0.1, -0.05) is 37.6 Å². The molecule has 1 aromatic carbocycles. The lowest BCUT2D eigenvalue weighted by Gasteiger charge is -2.31. The molecule has 3 unspecified atom stereocenters. The Morgan fingerprint density at radius 3 is 2.47 bits per heavy atom. The Balaban J connectivity index is 0.000000861. The van der Waals surface area contributed by atoms with Gasteiger partial charge >= 0.3 is 0 Å². The number of nitrogens with one attached hydrogen (secondary N) is 1. The Bertz CT molecular complexity index is 346. The van der Waals surface area contributed by atoms with Gasteiger partial charge in [-0.25, -0.2) is 0 Å². The largest absolute Gasteiger partial charge is 0.391 e. The lowest BCUT2D eigenvalue weighted by molar-refractivity contribution is -0.0595. The summed E-state index contributed by atoms with van der Waals surface area (Å²) in [6.45, 7) is 7.10. The molecule has 0 aromatic heterocycles. The van der Waals surface area contributed by atoms with Gasteiger partial charge in [0.2, 0.25) is 0 Å². The topological polar surface area (TPSA) is 41.5 Å². The Hall–Kier alpha value is -0.610. The summed E-state index contributed by atoms with van der Waals surface area (Å²) in [6, 6.07) is 8.18. The molecule has 0 aliphatic carbocycles. The van der Waals surface area contributed by atoms with Gasteiger partial charge in [-0.2, -0.15) is 0 Å². The molecule has 1 aromatic rings. The highest BCUT2D eigenvalue weighted by Crippen LogP contribution is 2.13. The summed E-state index contributed by atoms with van der Waals surface area (Å²) in [4.78, 5) is 0. The number of halogens is 1. The average Bonchev–Trinajstić information content (AvgIpc) is 2.44. The van der Waals surface area contributed by atoms with E-state index in [4.69, 9.17) is 16.3 Å². The zero-order chi connectivity index (χ0) is 14.3. The summed E-state index contributed by atoms with van der Waals surface area (Å²) in [5.41, 5.74) is 1.24. The molecule has 0 spiro atoms. The third kappa shape index (κ3) is 5.49. The highest BCUT2D eigenvalue weighted by atomic mass is 35.5. The summed E-state index contributed by atoms with van der Waals surface area (Å²) in [5.74, 6) is 0. The molecule has 3 nitrogen and oxygen atoms in total. The molecule has 2 rings (SSSR count). The minimum absolute atomic E-state index is 0.0866. The quantitative estimate of drug-likeness (QED) is 0.897. The molecule has 2 N–H and O–H groups in total. The molecule has 0 bridgehead atoms. The van der Waals surface area contributed by atoms with Crippen molar-refractivity contribution >= 4 is 11.6 Å². The molecule has 1 heterocycles. The molecule has 1 aliphatic rings. The predicted molar refractivity (Wildman–Crippen MR) is 79.7 cm³/mol. The van der Waals surface area contributed by atoms with Crippen molar-refractivity contribution in [3.8, 4) is 0 Å². The second-order valence-corrected chi connectivity index (χ2v) is 4.98. The molecule has 1 aliphatic heterocycles. The lowest BCUT2D eigenvalue weighted by Crippen LogP contribution is -2.50. The van der Waals surface area contributed by atoms with Crippen LogP contribution in [0.1, 0.15) is 26.3 Å². The average molecular weight is 286 g/mol. The molecule has 108 valence electrons. The molecule has 1 fully saturated rings. The Morgan fingerprint density at radius 2 is 2.00 bits per heavy atom. The van der Waals surface area contributed by atoms with Gasteiger partial charge in [-0.3, -0.25) is 0 Å². The fourth-order valence-electron chi connectivity index (χ4n) is 1.99. The van der Waals surface area contributed by atoms with Crippen LogP contribution >= 0.6 is 11.6 Å². The van der Waals surface area contributed by atoms with Gasteiger partial charge in [0.15, 0.2) is 0 Å². The van der Waals surface area contributed by atoms with Crippen LogP contribution in [0, 0.1) is 0 Å². The van der Waals surface area contributed by atoms with Gasteiger partial charge < -0.3 is 15.2 Å². The van der Waals surface area contributed by atoms with E-state index in [1.54, 1.807) is 6.92 Å². The van der Waals surface area contributed by atoms with E-state index in [1.165, 1.54) is 5.56 Å². The smallest absolute Gasteiger partial charge is 0.0955 e. The molecule has 0 amide bonds. The maximum absolute atomic E-state index is 9.40. The minimum atomic E-state index is -0.418. The number of hydrogen-bond acceptors (Lipinski definition) is 3. The maximum Gasteiger partial charge on any atom is 0.0955 e. The number of ether oxygens (including phenoxy) is 1. The van der Waals surface area contributed by atoms with E-state index in [0.717, 1.165) is 11.4 Å². The second kappa shape index (κ2) is 8.54. The van der Waals surface area contributed by atoms with Crippen LogP contribution in [0.15, 0.2) is 24.3 Å². The molecule has 4 heteroatoms. The van der Waals surface area contributed by atoms with Crippen molar-refractivity contribution in [2.75, 3.05) is 13.2 Å². The summed E-state index contributed by atoms with van der Waals surface area (Å²) in [5, 5.41) is 13.6. The van der Waals surface area contributed by atoms with E-state index < -0.39 is 6.10 Å². The molecule has 1 saturated heterocycles. The van der Waals surface area contributed by atoms with Crippen molar-refractivity contribution in [3.63, 3.8) is 0 Å². The van der Waals surface area contributed by atoms with Crippen LogP contribution in [0.3, 0.4) is 0 Å². The van der Waals surface area contributed by atoms with E-state index >= 15 is 0 Å². The summed E-state index contributed by atoms with van der Waals surface area (Å²) < 4.78 is 5.61. The van der Waals surface area contributed by atoms with Crippen molar-refractivity contribution in [2.45, 2.75) is 45.4 Å². The molecular weight excluding hydrogens is 262 g/mol. The van der Waals surface area contributed by atoms with Crippen molar-refractivity contribution in [1.82, 2.24) is 5.32 Å².